The van der Waals surface area contributed by atoms with Crippen molar-refractivity contribution in [3.05, 3.63) is 51.7 Å². The molecular weight excluding hydrogens is 287 g/mol. The molecule has 8 heteroatoms. The van der Waals surface area contributed by atoms with Crippen LogP contribution in [0.1, 0.15) is 6.92 Å². The summed E-state index contributed by atoms with van der Waals surface area (Å²) in [5.74, 6) is -0.410. The highest BCUT2D eigenvalue weighted by Gasteiger charge is 2.23. The van der Waals surface area contributed by atoms with E-state index in [2.05, 4.69) is 9.97 Å². The Balaban J connectivity index is 2.57. The number of anilines is 2. The molecule has 2 rings (SSSR count). The molecule has 1 aromatic carbocycles. The molecule has 0 unspecified atom stereocenters. The molecule has 0 aliphatic rings. The minimum Gasteiger partial charge on any atom is -0.321 e. The molecule has 0 saturated heterocycles. The van der Waals surface area contributed by atoms with E-state index in [-0.39, 0.29) is 16.8 Å². The highest BCUT2D eigenvalue weighted by molar-refractivity contribution is 6.28. The summed E-state index contributed by atoms with van der Waals surface area (Å²) >= 11 is 5.70. The van der Waals surface area contributed by atoms with E-state index in [1.165, 1.54) is 23.1 Å². The number of benzene rings is 1. The largest absolute Gasteiger partial charge is 0.330 e. The lowest BCUT2D eigenvalue weighted by molar-refractivity contribution is -0.384. The Morgan fingerprint density at radius 2 is 2.25 bits per heavy atom. The second kappa shape index (κ2) is 5.79. The number of nitro groups is 1. The summed E-state index contributed by atoms with van der Waals surface area (Å²) in [6.45, 7) is 2.13. The Bertz CT molecular complexity index is 653. The van der Waals surface area contributed by atoms with Gasteiger partial charge >= 0.3 is 5.69 Å². The predicted octanol–water partition coefficient (Wildman–Crippen LogP) is 3.34. The van der Waals surface area contributed by atoms with Crippen LogP contribution >= 0.6 is 11.6 Å². The number of aromatic nitrogens is 2. The van der Waals surface area contributed by atoms with Gasteiger partial charge in [0.05, 0.1) is 4.92 Å². The highest BCUT2D eigenvalue weighted by atomic mass is 35.5. The van der Waals surface area contributed by atoms with Crippen molar-refractivity contribution < 1.29 is 9.31 Å². The van der Waals surface area contributed by atoms with Gasteiger partial charge in [0.2, 0.25) is 11.1 Å². The standard InChI is InChI=1S/C12H10ClFN4O2/c1-2-17(9-5-3-4-8(14)6-9)11-10(18(19)20)7-15-12(13)16-11/h3-7H,2H2,1H3. The Morgan fingerprint density at radius 1 is 1.50 bits per heavy atom. The third-order valence-corrected chi connectivity index (χ3v) is 2.79. The fraction of sp³-hybridized carbons (Fsp3) is 0.167. The maximum atomic E-state index is 13.3. The second-order valence-electron chi connectivity index (χ2n) is 3.83. The van der Waals surface area contributed by atoms with E-state index in [1.54, 1.807) is 13.0 Å². The molecule has 0 radical (unpaired) electrons. The lowest BCUT2D eigenvalue weighted by atomic mass is 10.2. The molecule has 0 saturated carbocycles. The molecule has 0 spiro atoms. The van der Waals surface area contributed by atoms with Crippen molar-refractivity contribution in [1.82, 2.24) is 9.97 Å². The van der Waals surface area contributed by atoms with Gasteiger partial charge in [-0.25, -0.2) is 9.37 Å². The van der Waals surface area contributed by atoms with Crippen molar-refractivity contribution in [2.75, 3.05) is 11.4 Å². The maximum absolute atomic E-state index is 13.3. The Morgan fingerprint density at radius 3 is 2.85 bits per heavy atom. The summed E-state index contributed by atoms with van der Waals surface area (Å²) in [5.41, 5.74) is 0.158. The number of halogens is 2. The molecule has 1 heterocycles. The first kappa shape index (κ1) is 14.1. The normalized spacial score (nSPS) is 10.3. The third kappa shape index (κ3) is 2.83. The van der Waals surface area contributed by atoms with Gasteiger partial charge in [-0.15, -0.1) is 0 Å². The van der Waals surface area contributed by atoms with Gasteiger partial charge in [-0.3, -0.25) is 10.1 Å². The zero-order valence-electron chi connectivity index (χ0n) is 10.5. The third-order valence-electron chi connectivity index (χ3n) is 2.61. The number of rotatable bonds is 4. The number of nitrogens with zero attached hydrogens (tertiary/aromatic N) is 4. The van der Waals surface area contributed by atoms with Gasteiger partial charge in [0, 0.05) is 12.2 Å². The Hall–Kier alpha value is -2.28. The second-order valence-corrected chi connectivity index (χ2v) is 4.17. The van der Waals surface area contributed by atoms with Gasteiger partial charge in [0.25, 0.3) is 0 Å². The van der Waals surface area contributed by atoms with Crippen LogP contribution in [0.4, 0.5) is 21.6 Å². The summed E-state index contributed by atoms with van der Waals surface area (Å²) in [6.07, 6.45) is 1.03. The first-order chi connectivity index (χ1) is 9.52. The fourth-order valence-corrected chi connectivity index (χ4v) is 1.90. The van der Waals surface area contributed by atoms with Gasteiger partial charge in [-0.2, -0.15) is 4.98 Å². The molecular formula is C12H10ClFN4O2. The molecule has 0 amide bonds. The van der Waals surface area contributed by atoms with Crippen LogP contribution in [0.5, 0.6) is 0 Å². The van der Waals surface area contributed by atoms with Crippen LogP contribution < -0.4 is 4.90 Å². The number of hydrogen-bond donors (Lipinski definition) is 0. The maximum Gasteiger partial charge on any atom is 0.330 e. The minimum absolute atomic E-state index is 0.0306. The summed E-state index contributed by atoms with van der Waals surface area (Å²) in [5, 5.41) is 10.9. The van der Waals surface area contributed by atoms with E-state index in [0.29, 0.717) is 12.2 Å². The van der Waals surface area contributed by atoms with Gasteiger partial charge < -0.3 is 4.90 Å². The monoisotopic (exact) mass is 296 g/mol. The van der Waals surface area contributed by atoms with E-state index in [1.807, 2.05) is 0 Å². The molecule has 104 valence electrons. The van der Waals surface area contributed by atoms with Crippen molar-refractivity contribution in [3.8, 4) is 0 Å². The molecule has 0 aliphatic heterocycles. The SMILES string of the molecule is CCN(c1cccc(F)c1)c1nc(Cl)ncc1[N+](=O)[O-]. The molecule has 2 aromatic rings. The molecule has 0 atom stereocenters. The van der Waals surface area contributed by atoms with Crippen molar-refractivity contribution in [2.24, 2.45) is 0 Å². The topological polar surface area (TPSA) is 72.2 Å². The van der Waals surface area contributed by atoms with Crippen molar-refractivity contribution in [3.63, 3.8) is 0 Å². The average molecular weight is 297 g/mol. The lowest BCUT2D eigenvalue weighted by Gasteiger charge is -2.21. The summed E-state index contributed by atoms with van der Waals surface area (Å²) < 4.78 is 13.3. The van der Waals surface area contributed by atoms with Crippen molar-refractivity contribution >= 4 is 28.8 Å². The van der Waals surface area contributed by atoms with E-state index in [0.717, 1.165) is 6.20 Å². The van der Waals surface area contributed by atoms with Gasteiger partial charge in [0.1, 0.15) is 12.0 Å². The van der Waals surface area contributed by atoms with Crippen LogP contribution in [0.2, 0.25) is 5.28 Å². The Kier molecular flexibility index (Phi) is 4.09. The molecule has 0 aliphatic carbocycles. The molecule has 1 aromatic heterocycles. The molecule has 0 fully saturated rings. The molecule has 20 heavy (non-hydrogen) atoms. The van der Waals surface area contributed by atoms with Crippen LogP contribution in [-0.2, 0) is 0 Å². The van der Waals surface area contributed by atoms with E-state index < -0.39 is 10.7 Å². The Labute approximate surface area is 119 Å². The van der Waals surface area contributed by atoms with E-state index in [9.17, 15) is 14.5 Å². The molecule has 0 bridgehead atoms. The number of hydrogen-bond acceptors (Lipinski definition) is 5. The summed E-state index contributed by atoms with van der Waals surface area (Å²) in [6, 6.07) is 5.70. The minimum atomic E-state index is -0.604. The smallest absolute Gasteiger partial charge is 0.321 e. The van der Waals surface area contributed by atoms with Crippen LogP contribution in [0.15, 0.2) is 30.5 Å². The first-order valence-corrected chi connectivity index (χ1v) is 6.10. The zero-order chi connectivity index (χ0) is 14.7. The quantitative estimate of drug-likeness (QED) is 0.491. The average Bonchev–Trinajstić information content (AvgIpc) is 2.39. The van der Waals surface area contributed by atoms with Gasteiger partial charge in [0.15, 0.2) is 0 Å². The van der Waals surface area contributed by atoms with Crippen LogP contribution in [0, 0.1) is 15.9 Å². The van der Waals surface area contributed by atoms with Gasteiger partial charge in [-0.1, -0.05) is 6.07 Å². The van der Waals surface area contributed by atoms with Crippen LogP contribution in [0.25, 0.3) is 0 Å². The van der Waals surface area contributed by atoms with Gasteiger partial charge in [-0.05, 0) is 36.7 Å². The summed E-state index contributed by atoms with van der Waals surface area (Å²) in [7, 11) is 0. The first-order valence-electron chi connectivity index (χ1n) is 5.73. The summed E-state index contributed by atoms with van der Waals surface area (Å²) in [4.78, 5) is 19.4. The zero-order valence-corrected chi connectivity index (χ0v) is 11.2. The highest BCUT2D eigenvalue weighted by Crippen LogP contribution is 2.31. The van der Waals surface area contributed by atoms with E-state index >= 15 is 0 Å². The fourth-order valence-electron chi connectivity index (χ4n) is 1.77. The van der Waals surface area contributed by atoms with Crippen molar-refractivity contribution in [2.45, 2.75) is 6.92 Å². The van der Waals surface area contributed by atoms with Crippen LogP contribution in [-0.4, -0.2) is 21.4 Å². The van der Waals surface area contributed by atoms with Crippen molar-refractivity contribution in [1.29, 1.82) is 0 Å². The van der Waals surface area contributed by atoms with E-state index in [4.69, 9.17) is 11.6 Å². The molecule has 6 nitrogen and oxygen atoms in total. The molecule has 0 N–H and O–H groups in total. The van der Waals surface area contributed by atoms with Crippen LogP contribution in [0.3, 0.4) is 0 Å². The predicted molar refractivity (Wildman–Crippen MR) is 72.8 cm³/mol. The lowest BCUT2D eigenvalue weighted by Crippen LogP contribution is -2.19.